The molecule has 1 N–H and O–H groups in total. The zero-order valence-electron chi connectivity index (χ0n) is 9.91. The van der Waals surface area contributed by atoms with E-state index in [1.807, 2.05) is 11.8 Å². The van der Waals surface area contributed by atoms with Crippen molar-refractivity contribution in [1.82, 2.24) is 14.9 Å². The third-order valence-electron chi connectivity index (χ3n) is 3.34. The first kappa shape index (κ1) is 12.0. The molecule has 1 aliphatic heterocycles. The molecular formula is C12H17N3O2. The summed E-state index contributed by atoms with van der Waals surface area (Å²) in [6, 6.07) is -0.383. The van der Waals surface area contributed by atoms with Crippen LogP contribution in [0.1, 0.15) is 37.9 Å². The number of aliphatic carboxylic acids is 1. The van der Waals surface area contributed by atoms with Crippen LogP contribution < -0.4 is 0 Å². The first-order chi connectivity index (χ1) is 8.20. The van der Waals surface area contributed by atoms with Crippen LogP contribution in [0, 0.1) is 0 Å². The van der Waals surface area contributed by atoms with Gasteiger partial charge in [0.2, 0.25) is 0 Å². The molecule has 17 heavy (non-hydrogen) atoms. The Bertz CT molecular complexity index is 383. The summed E-state index contributed by atoms with van der Waals surface area (Å²) in [5.74, 6) is -0.736. The highest BCUT2D eigenvalue weighted by molar-refractivity contribution is 5.73. The van der Waals surface area contributed by atoms with E-state index in [0.29, 0.717) is 0 Å². The smallest absolute Gasteiger partial charge is 0.320 e. The molecule has 0 spiro atoms. The topological polar surface area (TPSA) is 66.3 Å². The van der Waals surface area contributed by atoms with Crippen LogP contribution in [0.5, 0.6) is 0 Å². The summed E-state index contributed by atoms with van der Waals surface area (Å²) in [6.45, 7) is 2.81. The first-order valence-electron chi connectivity index (χ1n) is 5.94. The van der Waals surface area contributed by atoms with Crippen molar-refractivity contribution >= 4 is 5.97 Å². The van der Waals surface area contributed by atoms with Gasteiger partial charge in [0.15, 0.2) is 0 Å². The van der Waals surface area contributed by atoms with E-state index in [2.05, 4.69) is 9.97 Å². The third-order valence-corrected chi connectivity index (χ3v) is 3.34. The number of hydrogen-bond donors (Lipinski definition) is 1. The van der Waals surface area contributed by atoms with Crippen molar-refractivity contribution in [2.75, 3.05) is 6.54 Å². The van der Waals surface area contributed by atoms with Gasteiger partial charge in [-0.3, -0.25) is 19.7 Å². The fraction of sp³-hybridized carbons (Fsp3) is 0.583. The summed E-state index contributed by atoms with van der Waals surface area (Å²) >= 11 is 0. The molecule has 0 unspecified atom stereocenters. The minimum atomic E-state index is -0.736. The number of hydrogen-bond acceptors (Lipinski definition) is 4. The molecule has 0 bridgehead atoms. The molecule has 0 amide bonds. The third kappa shape index (κ3) is 2.61. The zero-order chi connectivity index (χ0) is 12.3. The van der Waals surface area contributed by atoms with Gasteiger partial charge in [-0.05, 0) is 26.3 Å². The minimum Gasteiger partial charge on any atom is -0.480 e. The van der Waals surface area contributed by atoms with E-state index in [9.17, 15) is 9.90 Å². The second-order valence-corrected chi connectivity index (χ2v) is 4.39. The van der Waals surface area contributed by atoms with Crippen LogP contribution in [0.3, 0.4) is 0 Å². The number of likely N-dealkylation sites (tertiary alicyclic amines) is 1. The van der Waals surface area contributed by atoms with Crippen LogP contribution in [-0.2, 0) is 4.79 Å². The van der Waals surface area contributed by atoms with Crippen molar-refractivity contribution < 1.29 is 9.90 Å². The molecular weight excluding hydrogens is 218 g/mol. The lowest BCUT2D eigenvalue weighted by Crippen LogP contribution is -2.45. The number of carboxylic acids is 1. The Hall–Kier alpha value is -1.49. The van der Waals surface area contributed by atoms with E-state index in [0.717, 1.165) is 31.5 Å². The number of aromatic nitrogens is 2. The zero-order valence-corrected chi connectivity index (χ0v) is 9.91. The Kier molecular flexibility index (Phi) is 3.68. The van der Waals surface area contributed by atoms with Gasteiger partial charge < -0.3 is 5.11 Å². The Labute approximate surface area is 100 Å². The second-order valence-electron chi connectivity index (χ2n) is 4.39. The lowest BCUT2D eigenvalue weighted by atomic mass is 9.99. The average Bonchev–Trinajstić information content (AvgIpc) is 2.39. The van der Waals surface area contributed by atoms with Crippen molar-refractivity contribution in [2.24, 2.45) is 0 Å². The molecule has 1 fully saturated rings. The van der Waals surface area contributed by atoms with E-state index < -0.39 is 5.97 Å². The number of nitrogens with zero attached hydrogens (tertiary/aromatic N) is 3. The van der Waals surface area contributed by atoms with Crippen LogP contribution in [-0.4, -0.2) is 38.5 Å². The molecule has 2 rings (SSSR count). The lowest BCUT2D eigenvalue weighted by Gasteiger charge is -2.37. The van der Waals surface area contributed by atoms with Crippen molar-refractivity contribution in [2.45, 2.75) is 38.3 Å². The molecule has 5 nitrogen and oxygen atoms in total. The summed E-state index contributed by atoms with van der Waals surface area (Å²) in [7, 11) is 0. The lowest BCUT2D eigenvalue weighted by molar-refractivity contribution is -0.145. The van der Waals surface area contributed by atoms with Crippen LogP contribution in [0.25, 0.3) is 0 Å². The first-order valence-corrected chi connectivity index (χ1v) is 5.94. The van der Waals surface area contributed by atoms with E-state index in [-0.39, 0.29) is 12.1 Å². The van der Waals surface area contributed by atoms with Gasteiger partial charge in [-0.1, -0.05) is 6.42 Å². The molecule has 0 aliphatic carbocycles. The monoisotopic (exact) mass is 235 g/mol. The molecule has 1 aliphatic rings. The van der Waals surface area contributed by atoms with Crippen LogP contribution in [0.4, 0.5) is 0 Å². The molecule has 1 aromatic rings. The molecule has 0 aromatic carbocycles. The van der Waals surface area contributed by atoms with Gasteiger partial charge in [0.1, 0.15) is 6.04 Å². The van der Waals surface area contributed by atoms with Gasteiger partial charge in [-0.15, -0.1) is 0 Å². The van der Waals surface area contributed by atoms with Gasteiger partial charge in [-0.25, -0.2) is 0 Å². The highest BCUT2D eigenvalue weighted by Crippen LogP contribution is 2.26. The fourth-order valence-electron chi connectivity index (χ4n) is 2.38. The SMILES string of the molecule is C[C@@H](c1cnccn1)N1CCCC[C@@H]1C(=O)O. The Morgan fingerprint density at radius 3 is 3.00 bits per heavy atom. The fourth-order valence-corrected chi connectivity index (χ4v) is 2.38. The number of carbonyl (C=O) groups is 1. The molecule has 1 saturated heterocycles. The number of carboxylic acid groups (broad SMARTS) is 1. The maximum atomic E-state index is 11.2. The van der Waals surface area contributed by atoms with Crippen LogP contribution in [0.15, 0.2) is 18.6 Å². The summed E-state index contributed by atoms with van der Waals surface area (Å²) in [5.41, 5.74) is 0.834. The second kappa shape index (κ2) is 5.23. The molecule has 2 atom stereocenters. The average molecular weight is 235 g/mol. The van der Waals surface area contributed by atoms with E-state index >= 15 is 0 Å². The van der Waals surface area contributed by atoms with Crippen LogP contribution in [0.2, 0.25) is 0 Å². The summed E-state index contributed by atoms with van der Waals surface area (Å²) in [4.78, 5) is 21.5. The molecule has 1 aromatic heterocycles. The van der Waals surface area contributed by atoms with Gasteiger partial charge in [0.05, 0.1) is 11.7 Å². The predicted octanol–water partition coefficient (Wildman–Crippen LogP) is 1.48. The molecule has 5 heteroatoms. The van der Waals surface area contributed by atoms with E-state index in [4.69, 9.17) is 0 Å². The van der Waals surface area contributed by atoms with Crippen molar-refractivity contribution in [3.63, 3.8) is 0 Å². The normalized spacial score (nSPS) is 23.2. The van der Waals surface area contributed by atoms with Crippen molar-refractivity contribution in [3.05, 3.63) is 24.3 Å². The number of rotatable bonds is 3. The molecule has 0 saturated carbocycles. The van der Waals surface area contributed by atoms with Crippen molar-refractivity contribution in [3.8, 4) is 0 Å². The molecule has 92 valence electrons. The summed E-state index contributed by atoms with van der Waals surface area (Å²) in [5, 5.41) is 9.23. The largest absolute Gasteiger partial charge is 0.480 e. The standard InChI is InChI=1S/C12H17N3O2/c1-9(10-8-13-5-6-14-10)15-7-3-2-4-11(15)12(16)17/h5-6,8-9,11H,2-4,7H2,1H3,(H,16,17)/t9-,11+/m0/s1. The highest BCUT2D eigenvalue weighted by Gasteiger charge is 2.32. The Morgan fingerprint density at radius 1 is 1.53 bits per heavy atom. The predicted molar refractivity (Wildman–Crippen MR) is 62.4 cm³/mol. The van der Waals surface area contributed by atoms with Crippen LogP contribution >= 0.6 is 0 Å². The van der Waals surface area contributed by atoms with E-state index in [1.54, 1.807) is 18.6 Å². The van der Waals surface area contributed by atoms with E-state index in [1.165, 1.54) is 0 Å². The van der Waals surface area contributed by atoms with Gasteiger partial charge in [0, 0.05) is 18.6 Å². The van der Waals surface area contributed by atoms with Crippen molar-refractivity contribution in [1.29, 1.82) is 0 Å². The molecule has 0 radical (unpaired) electrons. The highest BCUT2D eigenvalue weighted by atomic mass is 16.4. The van der Waals surface area contributed by atoms with Gasteiger partial charge in [0.25, 0.3) is 0 Å². The van der Waals surface area contributed by atoms with Gasteiger partial charge in [-0.2, -0.15) is 0 Å². The Morgan fingerprint density at radius 2 is 2.35 bits per heavy atom. The minimum absolute atomic E-state index is 0.00472. The maximum Gasteiger partial charge on any atom is 0.320 e. The summed E-state index contributed by atoms with van der Waals surface area (Å²) < 4.78 is 0. The Balaban J connectivity index is 2.16. The maximum absolute atomic E-state index is 11.2. The van der Waals surface area contributed by atoms with Gasteiger partial charge >= 0.3 is 5.97 Å². The summed E-state index contributed by atoms with van der Waals surface area (Å²) in [6.07, 6.45) is 7.74. The number of piperidine rings is 1. The molecule has 2 heterocycles. The quantitative estimate of drug-likeness (QED) is 0.859.